The molecule has 0 radical (unpaired) electrons. The van der Waals surface area contributed by atoms with Crippen molar-refractivity contribution in [3.05, 3.63) is 23.3 Å². The SMILES string of the molecule is CCN(CC)CCN[C@H]1OC(=O)c2c1ccc(OC)c2OC. The Morgan fingerprint density at radius 1 is 1.23 bits per heavy atom. The predicted octanol–water partition coefficient (Wildman–Crippen LogP) is 1.80. The van der Waals surface area contributed by atoms with Crippen LogP contribution in [-0.2, 0) is 4.74 Å². The Labute approximate surface area is 131 Å². The molecule has 0 saturated carbocycles. The van der Waals surface area contributed by atoms with Crippen LogP contribution in [0, 0.1) is 0 Å². The Kier molecular flexibility index (Phi) is 5.63. The van der Waals surface area contributed by atoms with E-state index in [2.05, 4.69) is 24.1 Å². The lowest BCUT2D eigenvalue weighted by atomic mass is 10.1. The first-order chi connectivity index (χ1) is 10.7. The highest BCUT2D eigenvalue weighted by Crippen LogP contribution is 2.40. The molecule has 0 unspecified atom stereocenters. The minimum Gasteiger partial charge on any atom is -0.493 e. The second kappa shape index (κ2) is 7.47. The van der Waals surface area contributed by atoms with E-state index >= 15 is 0 Å². The number of fused-ring (bicyclic) bond motifs is 1. The summed E-state index contributed by atoms with van der Waals surface area (Å²) in [6.07, 6.45) is -0.433. The molecule has 0 aromatic heterocycles. The van der Waals surface area contributed by atoms with Crippen molar-refractivity contribution in [2.75, 3.05) is 40.4 Å². The zero-order valence-corrected chi connectivity index (χ0v) is 13.6. The molecule has 0 bridgehead atoms. The van der Waals surface area contributed by atoms with Crippen molar-refractivity contribution in [1.82, 2.24) is 10.2 Å². The van der Waals surface area contributed by atoms with Crippen molar-refractivity contribution in [2.45, 2.75) is 20.1 Å². The fourth-order valence-electron chi connectivity index (χ4n) is 2.65. The molecule has 22 heavy (non-hydrogen) atoms. The molecule has 6 heteroatoms. The summed E-state index contributed by atoms with van der Waals surface area (Å²) in [5.41, 5.74) is 1.24. The third-order valence-corrected chi connectivity index (χ3v) is 3.94. The van der Waals surface area contributed by atoms with Crippen LogP contribution in [0.1, 0.15) is 36.0 Å². The number of rotatable bonds is 8. The van der Waals surface area contributed by atoms with E-state index in [0.29, 0.717) is 17.1 Å². The summed E-state index contributed by atoms with van der Waals surface area (Å²) in [6.45, 7) is 7.92. The zero-order valence-electron chi connectivity index (χ0n) is 13.6. The Hall–Kier alpha value is -1.79. The smallest absolute Gasteiger partial charge is 0.344 e. The van der Waals surface area contributed by atoms with Crippen molar-refractivity contribution in [3.63, 3.8) is 0 Å². The summed E-state index contributed by atoms with van der Waals surface area (Å²) in [4.78, 5) is 14.4. The molecular formula is C16H24N2O4. The van der Waals surface area contributed by atoms with Gasteiger partial charge in [0.1, 0.15) is 5.56 Å². The third-order valence-electron chi connectivity index (χ3n) is 3.94. The Morgan fingerprint density at radius 2 is 1.95 bits per heavy atom. The first-order valence-electron chi connectivity index (χ1n) is 7.57. The molecule has 1 atom stereocenters. The maximum absolute atomic E-state index is 12.1. The van der Waals surface area contributed by atoms with Crippen LogP contribution in [0.25, 0.3) is 0 Å². The molecule has 1 aromatic carbocycles. The molecule has 1 N–H and O–H groups in total. The van der Waals surface area contributed by atoms with Gasteiger partial charge in [0, 0.05) is 18.7 Å². The molecule has 1 aliphatic rings. The average Bonchev–Trinajstić information content (AvgIpc) is 2.87. The van der Waals surface area contributed by atoms with Gasteiger partial charge >= 0.3 is 5.97 Å². The molecule has 1 aromatic rings. The third kappa shape index (κ3) is 3.18. The fraction of sp³-hybridized carbons (Fsp3) is 0.562. The molecule has 0 saturated heterocycles. The van der Waals surface area contributed by atoms with Crippen LogP contribution in [0.2, 0.25) is 0 Å². The molecule has 0 amide bonds. The topological polar surface area (TPSA) is 60.0 Å². The van der Waals surface area contributed by atoms with Gasteiger partial charge in [0.2, 0.25) is 0 Å². The molecule has 1 heterocycles. The van der Waals surface area contributed by atoms with Crippen LogP contribution in [-0.4, -0.2) is 51.3 Å². The van der Waals surface area contributed by atoms with E-state index in [1.807, 2.05) is 6.07 Å². The van der Waals surface area contributed by atoms with Gasteiger partial charge in [-0.05, 0) is 25.2 Å². The van der Waals surface area contributed by atoms with Crippen molar-refractivity contribution in [3.8, 4) is 11.5 Å². The van der Waals surface area contributed by atoms with Crippen LogP contribution in [0.5, 0.6) is 11.5 Å². The maximum atomic E-state index is 12.1. The molecule has 6 nitrogen and oxygen atoms in total. The number of nitrogens with zero attached hydrogens (tertiary/aromatic N) is 1. The summed E-state index contributed by atoms with van der Waals surface area (Å²) >= 11 is 0. The monoisotopic (exact) mass is 308 g/mol. The lowest BCUT2D eigenvalue weighted by molar-refractivity contribution is 0.0302. The van der Waals surface area contributed by atoms with E-state index in [0.717, 1.165) is 31.7 Å². The second-order valence-corrected chi connectivity index (χ2v) is 5.03. The zero-order chi connectivity index (χ0) is 16.1. The number of carbonyl (C=O) groups is 1. The number of nitrogens with one attached hydrogen (secondary N) is 1. The number of methoxy groups -OCH3 is 2. The molecule has 0 spiro atoms. The highest BCUT2D eigenvalue weighted by molar-refractivity contribution is 5.98. The Bertz CT molecular complexity index is 529. The van der Waals surface area contributed by atoms with E-state index in [9.17, 15) is 4.79 Å². The van der Waals surface area contributed by atoms with Gasteiger partial charge in [0.15, 0.2) is 17.7 Å². The summed E-state index contributed by atoms with van der Waals surface area (Å²) in [7, 11) is 3.07. The quantitative estimate of drug-likeness (QED) is 0.739. The number of esters is 1. The van der Waals surface area contributed by atoms with Gasteiger partial charge in [-0.25, -0.2) is 4.79 Å². The van der Waals surface area contributed by atoms with Gasteiger partial charge < -0.3 is 19.1 Å². The van der Waals surface area contributed by atoms with Gasteiger partial charge in [-0.1, -0.05) is 13.8 Å². The predicted molar refractivity (Wildman–Crippen MR) is 83.5 cm³/mol. The largest absolute Gasteiger partial charge is 0.493 e. The van der Waals surface area contributed by atoms with Crippen LogP contribution in [0.15, 0.2) is 12.1 Å². The van der Waals surface area contributed by atoms with Gasteiger partial charge in [-0.15, -0.1) is 0 Å². The summed E-state index contributed by atoms with van der Waals surface area (Å²) < 4.78 is 16.0. The molecule has 0 fully saturated rings. The molecule has 0 aliphatic carbocycles. The van der Waals surface area contributed by atoms with Gasteiger partial charge in [0.25, 0.3) is 0 Å². The molecular weight excluding hydrogens is 284 g/mol. The number of hydrogen-bond donors (Lipinski definition) is 1. The van der Waals surface area contributed by atoms with Crippen LogP contribution in [0.4, 0.5) is 0 Å². The highest BCUT2D eigenvalue weighted by atomic mass is 16.6. The first kappa shape index (κ1) is 16.6. The number of cyclic esters (lactones) is 1. The number of ether oxygens (including phenoxy) is 3. The van der Waals surface area contributed by atoms with E-state index in [-0.39, 0.29) is 5.97 Å². The summed E-state index contributed by atoms with van der Waals surface area (Å²) in [6, 6.07) is 3.63. The van der Waals surface area contributed by atoms with Gasteiger partial charge in [-0.2, -0.15) is 0 Å². The number of carbonyl (C=O) groups excluding carboxylic acids is 1. The van der Waals surface area contributed by atoms with E-state index < -0.39 is 6.23 Å². The number of likely N-dealkylation sites (N-methyl/N-ethyl adjacent to an activating group) is 1. The van der Waals surface area contributed by atoms with Crippen molar-refractivity contribution in [2.24, 2.45) is 0 Å². The van der Waals surface area contributed by atoms with E-state index in [4.69, 9.17) is 14.2 Å². The van der Waals surface area contributed by atoms with Crippen LogP contribution >= 0.6 is 0 Å². The molecule has 122 valence electrons. The first-order valence-corrected chi connectivity index (χ1v) is 7.57. The number of benzene rings is 1. The van der Waals surface area contributed by atoms with Gasteiger partial charge in [-0.3, -0.25) is 5.32 Å². The van der Waals surface area contributed by atoms with Crippen molar-refractivity contribution < 1.29 is 19.0 Å². The molecule has 1 aliphatic heterocycles. The average molecular weight is 308 g/mol. The van der Waals surface area contributed by atoms with Crippen LogP contribution in [0.3, 0.4) is 0 Å². The minimum atomic E-state index is -0.433. The normalized spacial score (nSPS) is 16.6. The summed E-state index contributed by atoms with van der Waals surface area (Å²) in [5.74, 6) is 0.575. The Morgan fingerprint density at radius 3 is 2.55 bits per heavy atom. The van der Waals surface area contributed by atoms with Gasteiger partial charge in [0.05, 0.1) is 14.2 Å². The lowest BCUT2D eigenvalue weighted by Crippen LogP contribution is -2.33. The van der Waals surface area contributed by atoms with E-state index in [1.54, 1.807) is 13.2 Å². The highest BCUT2D eigenvalue weighted by Gasteiger charge is 2.35. The lowest BCUT2D eigenvalue weighted by Gasteiger charge is -2.20. The second-order valence-electron chi connectivity index (χ2n) is 5.03. The van der Waals surface area contributed by atoms with Crippen molar-refractivity contribution in [1.29, 1.82) is 0 Å². The standard InChI is InChI=1S/C16H24N2O4/c1-5-18(6-2)10-9-17-15-11-7-8-12(20-3)14(21-4)13(11)16(19)22-15/h7-8,15,17H,5-6,9-10H2,1-4H3/t15-/m0/s1. The fourth-order valence-corrected chi connectivity index (χ4v) is 2.65. The van der Waals surface area contributed by atoms with Crippen molar-refractivity contribution >= 4 is 5.97 Å². The van der Waals surface area contributed by atoms with E-state index in [1.165, 1.54) is 7.11 Å². The Balaban J connectivity index is 2.12. The minimum absolute atomic E-state index is 0.383. The molecule has 2 rings (SSSR count). The number of hydrogen-bond acceptors (Lipinski definition) is 6. The summed E-state index contributed by atoms with van der Waals surface area (Å²) in [5, 5.41) is 3.28. The van der Waals surface area contributed by atoms with Crippen LogP contribution < -0.4 is 14.8 Å². The maximum Gasteiger partial charge on any atom is 0.344 e.